The van der Waals surface area contributed by atoms with Gasteiger partial charge in [0.1, 0.15) is 11.9 Å². The number of nitrogens with one attached hydrogen (secondary N) is 2. The van der Waals surface area contributed by atoms with Gasteiger partial charge in [-0.3, -0.25) is 4.79 Å². The number of halogens is 1. The summed E-state index contributed by atoms with van der Waals surface area (Å²) < 4.78 is 13.6. The quantitative estimate of drug-likeness (QED) is 0.800. The minimum atomic E-state index is -0.795. The molecular weight excluding hydrogens is 367 g/mol. The van der Waals surface area contributed by atoms with E-state index in [9.17, 15) is 14.0 Å². The molecule has 2 heterocycles. The van der Waals surface area contributed by atoms with Gasteiger partial charge in [0.25, 0.3) is 0 Å². The number of piperidine rings is 1. The Labute approximate surface area is 163 Å². The van der Waals surface area contributed by atoms with Crippen molar-refractivity contribution in [3.05, 3.63) is 35.6 Å². The van der Waals surface area contributed by atoms with Crippen LogP contribution >= 0.6 is 11.8 Å². The Morgan fingerprint density at radius 1 is 1.33 bits per heavy atom. The van der Waals surface area contributed by atoms with Crippen LogP contribution in [-0.2, 0) is 4.79 Å². The summed E-state index contributed by atoms with van der Waals surface area (Å²) in [6.07, 6.45) is 3.92. The van der Waals surface area contributed by atoms with Gasteiger partial charge in [0.05, 0.1) is 0 Å². The van der Waals surface area contributed by atoms with Crippen molar-refractivity contribution in [2.45, 2.75) is 24.9 Å². The Hall–Kier alpha value is -1.80. The van der Waals surface area contributed by atoms with Crippen LogP contribution in [-0.4, -0.2) is 72.5 Å². The van der Waals surface area contributed by atoms with E-state index in [4.69, 9.17) is 0 Å². The van der Waals surface area contributed by atoms with Crippen LogP contribution in [0.1, 0.15) is 24.4 Å². The van der Waals surface area contributed by atoms with Gasteiger partial charge in [-0.25, -0.2) is 9.18 Å². The number of piperazine rings is 1. The molecule has 3 amide bonds. The molecule has 0 unspecified atom stereocenters. The summed E-state index contributed by atoms with van der Waals surface area (Å²) in [5, 5.41) is 5.85. The molecule has 0 aromatic heterocycles. The van der Waals surface area contributed by atoms with E-state index in [-0.39, 0.29) is 18.0 Å². The number of thioether (sulfide) groups is 1. The van der Waals surface area contributed by atoms with Gasteiger partial charge in [-0.1, -0.05) is 12.1 Å². The largest absolute Gasteiger partial charge is 0.352 e. The van der Waals surface area contributed by atoms with E-state index in [0.29, 0.717) is 18.7 Å². The minimum absolute atomic E-state index is 0.112. The normalized spacial score (nSPS) is 21.8. The van der Waals surface area contributed by atoms with Gasteiger partial charge < -0.3 is 20.4 Å². The molecule has 1 aromatic rings. The number of benzene rings is 1. The Bertz CT molecular complexity index is 667. The van der Waals surface area contributed by atoms with Crippen LogP contribution in [0.3, 0.4) is 0 Å². The maximum atomic E-state index is 13.6. The third-order valence-corrected chi connectivity index (χ3v) is 5.75. The van der Waals surface area contributed by atoms with Crippen LogP contribution in [0.15, 0.2) is 24.3 Å². The molecule has 8 heteroatoms. The van der Waals surface area contributed by atoms with Crippen LogP contribution in [0.25, 0.3) is 0 Å². The first kappa shape index (κ1) is 19.9. The molecular formula is C19H27FN4O2S. The van der Waals surface area contributed by atoms with Crippen LogP contribution in [0.4, 0.5) is 9.18 Å². The highest BCUT2D eigenvalue weighted by Crippen LogP contribution is 2.24. The molecule has 27 heavy (non-hydrogen) atoms. The molecule has 1 aromatic carbocycles. The molecule has 0 bridgehead atoms. The van der Waals surface area contributed by atoms with Gasteiger partial charge in [0.15, 0.2) is 0 Å². The van der Waals surface area contributed by atoms with Crippen LogP contribution in [0, 0.1) is 5.82 Å². The average Bonchev–Trinajstić information content (AvgIpc) is 2.67. The fraction of sp³-hybridized carbons (Fsp3) is 0.579. The first-order chi connectivity index (χ1) is 13.1. The first-order valence-corrected chi connectivity index (χ1v) is 10.8. The highest BCUT2D eigenvalue weighted by atomic mass is 32.2. The van der Waals surface area contributed by atoms with Gasteiger partial charge in [-0.2, -0.15) is 11.8 Å². The predicted molar refractivity (Wildman–Crippen MR) is 105 cm³/mol. The molecule has 2 saturated heterocycles. The molecule has 2 fully saturated rings. The Kier molecular flexibility index (Phi) is 6.95. The lowest BCUT2D eigenvalue weighted by atomic mass is 10.0. The van der Waals surface area contributed by atoms with Crippen molar-refractivity contribution in [1.82, 2.24) is 20.4 Å². The molecule has 148 valence electrons. The van der Waals surface area contributed by atoms with Gasteiger partial charge in [0.2, 0.25) is 5.91 Å². The third kappa shape index (κ3) is 5.13. The number of nitrogens with zero attached hydrogens (tertiary/aromatic N) is 2. The lowest BCUT2D eigenvalue weighted by molar-refractivity contribution is -0.127. The maximum absolute atomic E-state index is 13.6. The summed E-state index contributed by atoms with van der Waals surface area (Å²) in [5.74, 6) is 0.438. The lowest BCUT2D eigenvalue weighted by Crippen LogP contribution is -2.57. The number of urea groups is 1. The molecule has 0 saturated carbocycles. The molecule has 6 nitrogen and oxygen atoms in total. The highest BCUT2D eigenvalue weighted by molar-refractivity contribution is 7.98. The molecule has 0 aliphatic carbocycles. The number of rotatable bonds is 5. The molecule has 0 radical (unpaired) electrons. The number of likely N-dealkylation sites (tertiary alicyclic amines) is 1. The molecule has 1 atom stereocenters. The van der Waals surface area contributed by atoms with E-state index in [2.05, 4.69) is 21.8 Å². The van der Waals surface area contributed by atoms with Crippen molar-refractivity contribution in [3.8, 4) is 0 Å². The minimum Gasteiger partial charge on any atom is -0.352 e. The maximum Gasteiger partial charge on any atom is 0.318 e. The topological polar surface area (TPSA) is 64.7 Å². The monoisotopic (exact) mass is 394 g/mol. The standard InChI is InChI=1S/C19H27FN4O2S/c1-27-12-11-23-8-5-16(6-9-23)22-19(26)24-10-7-21-18(25)17(24)14-3-2-4-15(20)13-14/h2-4,13,16-17H,5-12H2,1H3,(H,21,25)(H,22,26)/t17-/m1/s1. The van der Waals surface area contributed by atoms with E-state index < -0.39 is 11.9 Å². The zero-order chi connectivity index (χ0) is 19.2. The fourth-order valence-corrected chi connectivity index (χ4v) is 4.11. The van der Waals surface area contributed by atoms with Gasteiger partial charge >= 0.3 is 6.03 Å². The van der Waals surface area contributed by atoms with Gasteiger partial charge in [-0.15, -0.1) is 0 Å². The van der Waals surface area contributed by atoms with Crippen molar-refractivity contribution < 1.29 is 14.0 Å². The number of hydrogen-bond acceptors (Lipinski definition) is 4. The van der Waals surface area contributed by atoms with E-state index in [0.717, 1.165) is 38.2 Å². The molecule has 3 rings (SSSR count). The summed E-state index contributed by atoms with van der Waals surface area (Å²) in [7, 11) is 0. The summed E-state index contributed by atoms with van der Waals surface area (Å²) in [4.78, 5) is 29.2. The molecule has 2 aliphatic heterocycles. The van der Waals surface area contributed by atoms with Gasteiger partial charge in [0, 0.05) is 44.5 Å². The smallest absolute Gasteiger partial charge is 0.318 e. The molecule has 2 aliphatic rings. The Morgan fingerprint density at radius 3 is 2.81 bits per heavy atom. The lowest BCUT2D eigenvalue weighted by Gasteiger charge is -2.38. The van der Waals surface area contributed by atoms with Crippen molar-refractivity contribution in [2.24, 2.45) is 0 Å². The van der Waals surface area contributed by atoms with Crippen molar-refractivity contribution in [3.63, 3.8) is 0 Å². The van der Waals surface area contributed by atoms with E-state index in [1.807, 2.05) is 11.8 Å². The SMILES string of the molecule is CSCCN1CCC(NC(=O)N2CCNC(=O)[C@H]2c2cccc(F)c2)CC1. The highest BCUT2D eigenvalue weighted by Gasteiger charge is 2.35. The van der Waals surface area contributed by atoms with Crippen LogP contribution in [0.2, 0.25) is 0 Å². The Balaban J connectivity index is 1.61. The number of amides is 3. The first-order valence-electron chi connectivity index (χ1n) is 9.40. The fourth-order valence-electron chi connectivity index (χ4n) is 3.67. The summed E-state index contributed by atoms with van der Waals surface area (Å²) in [6.45, 7) is 3.84. The summed E-state index contributed by atoms with van der Waals surface area (Å²) in [6, 6.07) is 4.97. The second-order valence-corrected chi connectivity index (χ2v) is 7.99. The second-order valence-electron chi connectivity index (χ2n) is 7.00. The number of carbonyl (C=O) groups is 2. The summed E-state index contributed by atoms with van der Waals surface area (Å²) in [5.41, 5.74) is 0.495. The van der Waals surface area contributed by atoms with Crippen LogP contribution in [0.5, 0.6) is 0 Å². The summed E-state index contributed by atoms with van der Waals surface area (Å²) >= 11 is 1.84. The average molecular weight is 395 g/mol. The van der Waals surface area contributed by atoms with Gasteiger partial charge in [-0.05, 0) is 36.8 Å². The third-order valence-electron chi connectivity index (χ3n) is 5.16. The van der Waals surface area contributed by atoms with Crippen LogP contribution < -0.4 is 10.6 Å². The van der Waals surface area contributed by atoms with E-state index in [1.165, 1.54) is 17.0 Å². The molecule has 2 N–H and O–H groups in total. The number of hydrogen-bond donors (Lipinski definition) is 2. The molecule has 0 spiro atoms. The zero-order valence-corrected chi connectivity index (χ0v) is 16.4. The second kappa shape index (κ2) is 9.41. The van der Waals surface area contributed by atoms with E-state index in [1.54, 1.807) is 12.1 Å². The van der Waals surface area contributed by atoms with E-state index >= 15 is 0 Å². The number of carbonyl (C=O) groups excluding carboxylic acids is 2. The Morgan fingerprint density at radius 2 is 2.11 bits per heavy atom. The van der Waals surface area contributed by atoms with Crippen molar-refractivity contribution >= 4 is 23.7 Å². The van der Waals surface area contributed by atoms with Crippen molar-refractivity contribution in [1.29, 1.82) is 0 Å². The predicted octanol–water partition coefficient (Wildman–Crippen LogP) is 1.84. The van der Waals surface area contributed by atoms with Crippen molar-refractivity contribution in [2.75, 3.05) is 44.7 Å². The zero-order valence-electron chi connectivity index (χ0n) is 15.6.